The van der Waals surface area contributed by atoms with Crippen LogP contribution in [0.4, 0.5) is 4.39 Å². The normalized spacial score (nSPS) is 10.5. The van der Waals surface area contributed by atoms with Gasteiger partial charge in [-0.2, -0.15) is 0 Å². The highest BCUT2D eigenvalue weighted by Gasteiger charge is 2.12. The van der Waals surface area contributed by atoms with Gasteiger partial charge in [-0.1, -0.05) is 29.4 Å². The molecule has 0 saturated heterocycles. The molecule has 5 nitrogen and oxygen atoms in total. The third-order valence-electron chi connectivity index (χ3n) is 3.66. The van der Waals surface area contributed by atoms with Gasteiger partial charge in [0.25, 0.3) is 0 Å². The van der Waals surface area contributed by atoms with Crippen LogP contribution in [0.1, 0.15) is 18.2 Å². The Kier molecular flexibility index (Phi) is 5.63. The van der Waals surface area contributed by atoms with Gasteiger partial charge in [0.05, 0.1) is 18.6 Å². The summed E-state index contributed by atoms with van der Waals surface area (Å²) in [5, 5.41) is 3.81. The number of benzene rings is 2. The van der Waals surface area contributed by atoms with Crippen molar-refractivity contribution in [2.75, 3.05) is 6.61 Å². The van der Waals surface area contributed by atoms with Crippen molar-refractivity contribution in [2.24, 2.45) is 0 Å². The van der Waals surface area contributed by atoms with Crippen LogP contribution in [0.3, 0.4) is 0 Å². The lowest BCUT2D eigenvalue weighted by Gasteiger charge is -2.05. The molecule has 0 fully saturated rings. The molecular weight excluding hydrogens is 337 g/mol. The Morgan fingerprint density at radius 1 is 1.15 bits per heavy atom. The van der Waals surface area contributed by atoms with Crippen LogP contribution in [0.15, 0.2) is 59.1 Å². The molecular formula is C20H18FNO4. The molecule has 1 heterocycles. The fourth-order valence-electron chi connectivity index (χ4n) is 2.41. The van der Waals surface area contributed by atoms with E-state index in [2.05, 4.69) is 5.16 Å². The molecule has 1 aromatic heterocycles. The summed E-state index contributed by atoms with van der Waals surface area (Å²) in [5.41, 5.74) is 1.56. The van der Waals surface area contributed by atoms with Crippen LogP contribution < -0.4 is 4.74 Å². The van der Waals surface area contributed by atoms with E-state index in [0.29, 0.717) is 23.6 Å². The van der Waals surface area contributed by atoms with E-state index in [1.54, 1.807) is 24.3 Å². The summed E-state index contributed by atoms with van der Waals surface area (Å²) in [6.45, 7) is 2.47. The summed E-state index contributed by atoms with van der Waals surface area (Å²) in [7, 11) is 0. The Bertz CT molecular complexity index is 874. The van der Waals surface area contributed by atoms with Gasteiger partial charge in [-0.05, 0) is 36.8 Å². The molecule has 134 valence electrons. The van der Waals surface area contributed by atoms with E-state index in [0.717, 1.165) is 11.3 Å². The van der Waals surface area contributed by atoms with Crippen molar-refractivity contribution in [3.05, 3.63) is 71.7 Å². The number of rotatable bonds is 7. The number of hydrogen-bond donors (Lipinski definition) is 0. The first-order valence-electron chi connectivity index (χ1n) is 8.23. The first kappa shape index (κ1) is 17.7. The van der Waals surface area contributed by atoms with Gasteiger partial charge in [-0.25, -0.2) is 4.39 Å². The van der Waals surface area contributed by atoms with Gasteiger partial charge < -0.3 is 14.0 Å². The van der Waals surface area contributed by atoms with E-state index in [4.69, 9.17) is 14.0 Å². The lowest BCUT2D eigenvalue weighted by molar-refractivity contribution is -0.144. The fourth-order valence-corrected chi connectivity index (χ4v) is 2.41. The van der Waals surface area contributed by atoms with Gasteiger partial charge in [-0.3, -0.25) is 4.79 Å². The van der Waals surface area contributed by atoms with E-state index in [1.165, 1.54) is 6.07 Å². The third-order valence-corrected chi connectivity index (χ3v) is 3.66. The molecule has 3 aromatic rings. The molecule has 0 radical (unpaired) electrons. The second-order valence-corrected chi connectivity index (χ2v) is 5.58. The highest BCUT2D eigenvalue weighted by molar-refractivity contribution is 5.72. The molecule has 0 aliphatic heterocycles. The molecule has 0 amide bonds. The summed E-state index contributed by atoms with van der Waals surface area (Å²) in [4.78, 5) is 12.0. The topological polar surface area (TPSA) is 61.6 Å². The maximum absolute atomic E-state index is 13.7. The monoisotopic (exact) mass is 355 g/mol. The molecule has 6 heteroatoms. The number of carbonyl (C=O) groups is 1. The quantitative estimate of drug-likeness (QED) is 0.596. The smallest absolute Gasteiger partial charge is 0.310 e. The fraction of sp³-hybridized carbons (Fsp3) is 0.200. The van der Waals surface area contributed by atoms with Crippen molar-refractivity contribution >= 4 is 5.97 Å². The van der Waals surface area contributed by atoms with E-state index in [-0.39, 0.29) is 19.0 Å². The van der Waals surface area contributed by atoms with Crippen LogP contribution in [-0.2, 0) is 22.6 Å². The zero-order chi connectivity index (χ0) is 18.4. The summed E-state index contributed by atoms with van der Waals surface area (Å²) >= 11 is 0. The minimum absolute atomic E-state index is 0.0339. The van der Waals surface area contributed by atoms with Crippen LogP contribution in [0.5, 0.6) is 5.75 Å². The van der Waals surface area contributed by atoms with E-state index in [1.807, 2.05) is 31.2 Å². The predicted octanol–water partition coefficient (Wildman–Crippen LogP) is 4.17. The van der Waals surface area contributed by atoms with Crippen LogP contribution in [0, 0.1) is 5.82 Å². The highest BCUT2D eigenvalue weighted by atomic mass is 19.1. The van der Waals surface area contributed by atoms with Crippen LogP contribution in [-0.4, -0.2) is 17.7 Å². The summed E-state index contributed by atoms with van der Waals surface area (Å²) in [6, 6.07) is 15.1. The molecule has 2 aromatic carbocycles. The molecule has 0 saturated carbocycles. The second-order valence-electron chi connectivity index (χ2n) is 5.58. The number of aromatic nitrogens is 1. The van der Waals surface area contributed by atoms with Gasteiger partial charge in [0.1, 0.15) is 23.9 Å². The van der Waals surface area contributed by atoms with E-state index in [9.17, 15) is 9.18 Å². The summed E-state index contributed by atoms with van der Waals surface area (Å²) in [5.74, 6) is 0.265. The number of hydrogen-bond acceptors (Lipinski definition) is 5. The van der Waals surface area contributed by atoms with Crippen molar-refractivity contribution in [2.45, 2.75) is 20.0 Å². The average Bonchev–Trinajstić information content (AvgIpc) is 3.11. The van der Waals surface area contributed by atoms with E-state index < -0.39 is 5.82 Å². The lowest BCUT2D eigenvalue weighted by atomic mass is 10.1. The first-order chi connectivity index (χ1) is 12.7. The molecule has 0 bridgehead atoms. The minimum atomic E-state index is -0.400. The molecule has 0 aliphatic rings. The Balaban J connectivity index is 1.54. The van der Waals surface area contributed by atoms with Crippen molar-refractivity contribution < 1.29 is 23.2 Å². The molecule has 0 spiro atoms. The molecule has 0 aliphatic carbocycles. The Morgan fingerprint density at radius 3 is 2.65 bits per heavy atom. The molecule has 0 N–H and O–H groups in total. The van der Waals surface area contributed by atoms with Gasteiger partial charge in [0.2, 0.25) is 0 Å². The summed E-state index contributed by atoms with van der Waals surface area (Å²) < 4.78 is 29.4. The van der Waals surface area contributed by atoms with Crippen molar-refractivity contribution in [1.29, 1.82) is 0 Å². The van der Waals surface area contributed by atoms with Gasteiger partial charge in [0.15, 0.2) is 5.76 Å². The SMILES string of the molecule is CCOc1ccc(CC(=O)OCc2cc(-c3ccccc3F)on2)cc1. The van der Waals surface area contributed by atoms with Crippen LogP contribution >= 0.6 is 0 Å². The van der Waals surface area contributed by atoms with Gasteiger partial charge >= 0.3 is 5.97 Å². The second kappa shape index (κ2) is 8.29. The zero-order valence-corrected chi connectivity index (χ0v) is 14.3. The van der Waals surface area contributed by atoms with Crippen LogP contribution in [0.2, 0.25) is 0 Å². The van der Waals surface area contributed by atoms with Crippen molar-refractivity contribution in [3.63, 3.8) is 0 Å². The van der Waals surface area contributed by atoms with Gasteiger partial charge in [-0.15, -0.1) is 0 Å². The van der Waals surface area contributed by atoms with Crippen molar-refractivity contribution in [3.8, 4) is 17.1 Å². The summed E-state index contributed by atoms with van der Waals surface area (Å²) in [6.07, 6.45) is 0.143. The maximum Gasteiger partial charge on any atom is 0.310 e. The Morgan fingerprint density at radius 2 is 1.92 bits per heavy atom. The molecule has 0 unspecified atom stereocenters. The number of nitrogens with zero attached hydrogens (tertiary/aromatic N) is 1. The van der Waals surface area contributed by atoms with Crippen LogP contribution in [0.25, 0.3) is 11.3 Å². The Hall–Kier alpha value is -3.15. The largest absolute Gasteiger partial charge is 0.494 e. The lowest BCUT2D eigenvalue weighted by Crippen LogP contribution is -2.08. The van der Waals surface area contributed by atoms with Crippen molar-refractivity contribution in [1.82, 2.24) is 5.16 Å². The molecule has 0 atom stereocenters. The maximum atomic E-state index is 13.7. The number of esters is 1. The average molecular weight is 355 g/mol. The number of carbonyl (C=O) groups excluding carboxylic acids is 1. The molecule has 3 rings (SSSR count). The zero-order valence-electron chi connectivity index (χ0n) is 14.3. The number of halogens is 1. The third kappa shape index (κ3) is 4.47. The number of ether oxygens (including phenoxy) is 2. The minimum Gasteiger partial charge on any atom is -0.494 e. The van der Waals surface area contributed by atoms with Gasteiger partial charge in [0, 0.05) is 6.07 Å². The highest BCUT2D eigenvalue weighted by Crippen LogP contribution is 2.23. The first-order valence-corrected chi connectivity index (χ1v) is 8.23. The Labute approximate surface area is 150 Å². The predicted molar refractivity (Wildman–Crippen MR) is 93.0 cm³/mol. The standard InChI is InChI=1S/C20H18FNO4/c1-2-24-16-9-7-14(8-10-16)11-20(23)25-13-15-12-19(26-22-15)17-5-3-4-6-18(17)21/h3-10,12H,2,11,13H2,1H3. The van der Waals surface area contributed by atoms with E-state index >= 15 is 0 Å². The molecule has 26 heavy (non-hydrogen) atoms.